The van der Waals surface area contributed by atoms with Gasteiger partial charge in [-0.05, 0) is 31.9 Å². The molecule has 1 saturated carbocycles. The molecule has 1 saturated heterocycles. The molecule has 1 aliphatic carbocycles. The van der Waals surface area contributed by atoms with Crippen molar-refractivity contribution in [3.63, 3.8) is 0 Å². The van der Waals surface area contributed by atoms with Crippen LogP contribution in [0.15, 0.2) is 24.3 Å². The summed E-state index contributed by atoms with van der Waals surface area (Å²) >= 11 is 0. The van der Waals surface area contributed by atoms with Gasteiger partial charge in [0.2, 0.25) is 5.91 Å². The lowest BCUT2D eigenvalue weighted by molar-refractivity contribution is -0.152. The first-order chi connectivity index (χ1) is 13.9. The fourth-order valence-electron chi connectivity index (χ4n) is 3.73. The number of carbonyl (C=O) groups excluding carboxylic acids is 4. The van der Waals surface area contributed by atoms with Gasteiger partial charge in [0.05, 0.1) is 5.92 Å². The van der Waals surface area contributed by atoms with Gasteiger partial charge in [0.1, 0.15) is 0 Å². The first-order valence-electron chi connectivity index (χ1n) is 10.1. The van der Waals surface area contributed by atoms with Crippen molar-refractivity contribution in [2.75, 3.05) is 18.1 Å². The van der Waals surface area contributed by atoms with Gasteiger partial charge < -0.3 is 15.0 Å². The number of urea groups is 1. The molecule has 1 aromatic rings. The van der Waals surface area contributed by atoms with Crippen LogP contribution in [0.2, 0.25) is 0 Å². The number of anilines is 1. The second kappa shape index (κ2) is 9.54. The van der Waals surface area contributed by atoms with Crippen molar-refractivity contribution >= 4 is 29.5 Å². The number of ether oxygens (including phenoxy) is 1. The minimum absolute atomic E-state index is 0.0382. The van der Waals surface area contributed by atoms with Crippen LogP contribution in [0.4, 0.5) is 10.5 Å². The Morgan fingerprint density at radius 1 is 1.10 bits per heavy atom. The normalized spacial score (nSPS) is 19.7. The lowest BCUT2D eigenvalue weighted by atomic mass is 9.96. The van der Waals surface area contributed by atoms with Gasteiger partial charge in [-0.15, -0.1) is 0 Å². The number of benzene rings is 1. The van der Waals surface area contributed by atoms with Gasteiger partial charge in [-0.1, -0.05) is 37.0 Å². The minimum atomic E-state index is -0.689. The molecule has 8 nitrogen and oxygen atoms in total. The Hall–Kier alpha value is -2.90. The molecule has 3 rings (SSSR count). The van der Waals surface area contributed by atoms with E-state index in [0.717, 1.165) is 36.9 Å². The Kier molecular flexibility index (Phi) is 6.85. The standard InChI is InChI=1S/C21H27N3O5/c1-14-7-9-17(10-8-14)24-12-15(11-19(24)26)20(27)29-13-18(25)23-21(28)22-16-5-3-2-4-6-16/h7-10,15-16H,2-6,11-13H2,1H3,(H2,22,23,25,28)/t15-/m0/s1. The van der Waals surface area contributed by atoms with Gasteiger partial charge in [-0.25, -0.2) is 4.79 Å². The molecule has 1 aromatic carbocycles. The van der Waals surface area contributed by atoms with Crippen LogP contribution in [0.5, 0.6) is 0 Å². The lowest BCUT2D eigenvalue weighted by Gasteiger charge is -2.22. The third-order valence-electron chi connectivity index (χ3n) is 5.34. The van der Waals surface area contributed by atoms with Crippen molar-refractivity contribution in [3.8, 4) is 0 Å². The predicted molar refractivity (Wildman–Crippen MR) is 106 cm³/mol. The summed E-state index contributed by atoms with van der Waals surface area (Å²) in [7, 11) is 0. The van der Waals surface area contributed by atoms with Gasteiger partial charge >= 0.3 is 12.0 Å². The molecular formula is C21H27N3O5. The highest BCUT2D eigenvalue weighted by Gasteiger charge is 2.36. The van der Waals surface area contributed by atoms with E-state index in [0.29, 0.717) is 0 Å². The topological polar surface area (TPSA) is 105 Å². The molecule has 1 atom stereocenters. The van der Waals surface area contributed by atoms with Crippen molar-refractivity contribution in [1.82, 2.24) is 10.6 Å². The number of aryl methyl sites for hydroxylation is 1. The maximum absolute atomic E-state index is 12.2. The number of nitrogens with one attached hydrogen (secondary N) is 2. The summed E-state index contributed by atoms with van der Waals surface area (Å²) in [6.07, 6.45) is 5.15. The summed E-state index contributed by atoms with van der Waals surface area (Å²) < 4.78 is 5.02. The SMILES string of the molecule is Cc1ccc(N2C[C@@H](C(=O)OCC(=O)NC(=O)NC3CCCCC3)CC2=O)cc1. The van der Waals surface area contributed by atoms with Crippen LogP contribution in [0, 0.1) is 12.8 Å². The number of rotatable bonds is 5. The van der Waals surface area contributed by atoms with E-state index in [1.807, 2.05) is 31.2 Å². The number of hydrogen-bond donors (Lipinski definition) is 2. The molecule has 156 valence electrons. The van der Waals surface area contributed by atoms with E-state index < -0.39 is 30.4 Å². The second-order valence-corrected chi connectivity index (χ2v) is 7.71. The molecule has 0 unspecified atom stereocenters. The van der Waals surface area contributed by atoms with Crippen LogP contribution in [0.3, 0.4) is 0 Å². The van der Waals surface area contributed by atoms with Gasteiger partial charge in [0, 0.05) is 24.7 Å². The quantitative estimate of drug-likeness (QED) is 0.735. The van der Waals surface area contributed by atoms with E-state index in [4.69, 9.17) is 4.74 Å². The average molecular weight is 401 g/mol. The van der Waals surface area contributed by atoms with Crippen molar-refractivity contribution in [1.29, 1.82) is 0 Å². The molecular weight excluding hydrogens is 374 g/mol. The Bertz CT molecular complexity index is 771. The Labute approximate surface area is 170 Å². The smallest absolute Gasteiger partial charge is 0.321 e. The molecule has 4 amide bonds. The second-order valence-electron chi connectivity index (χ2n) is 7.71. The van der Waals surface area contributed by atoms with Crippen LogP contribution in [0.25, 0.3) is 0 Å². The van der Waals surface area contributed by atoms with Crippen LogP contribution in [0.1, 0.15) is 44.1 Å². The number of esters is 1. The lowest BCUT2D eigenvalue weighted by Crippen LogP contribution is -2.46. The van der Waals surface area contributed by atoms with E-state index in [1.54, 1.807) is 4.90 Å². The maximum atomic E-state index is 12.2. The highest BCUT2D eigenvalue weighted by Crippen LogP contribution is 2.26. The predicted octanol–water partition coefficient (Wildman–Crippen LogP) is 2.05. The first-order valence-corrected chi connectivity index (χ1v) is 10.1. The molecule has 2 aliphatic rings. The number of amides is 4. The summed E-state index contributed by atoms with van der Waals surface area (Å²) in [6.45, 7) is 1.62. The Morgan fingerprint density at radius 3 is 2.48 bits per heavy atom. The molecule has 2 N–H and O–H groups in total. The zero-order chi connectivity index (χ0) is 20.8. The van der Waals surface area contributed by atoms with E-state index in [1.165, 1.54) is 6.42 Å². The molecule has 1 aliphatic heterocycles. The summed E-state index contributed by atoms with van der Waals surface area (Å²) in [4.78, 5) is 49.7. The van der Waals surface area contributed by atoms with Crippen LogP contribution in [-0.4, -0.2) is 43.0 Å². The van der Waals surface area contributed by atoms with Gasteiger partial charge in [0.25, 0.3) is 5.91 Å². The zero-order valence-corrected chi connectivity index (χ0v) is 16.6. The van der Waals surface area contributed by atoms with Crippen molar-refractivity contribution in [2.45, 2.75) is 51.5 Å². The third kappa shape index (κ3) is 5.79. The van der Waals surface area contributed by atoms with Gasteiger partial charge in [-0.3, -0.25) is 19.7 Å². The van der Waals surface area contributed by atoms with Crippen molar-refractivity contribution in [2.24, 2.45) is 5.92 Å². The highest BCUT2D eigenvalue weighted by atomic mass is 16.5. The van der Waals surface area contributed by atoms with E-state index in [9.17, 15) is 19.2 Å². The summed E-state index contributed by atoms with van der Waals surface area (Å²) in [5, 5.41) is 4.94. The largest absolute Gasteiger partial charge is 0.455 e. The van der Waals surface area contributed by atoms with Gasteiger partial charge in [-0.2, -0.15) is 0 Å². The molecule has 0 radical (unpaired) electrons. The van der Waals surface area contributed by atoms with Crippen LogP contribution in [-0.2, 0) is 19.1 Å². The number of imide groups is 1. The highest BCUT2D eigenvalue weighted by molar-refractivity contribution is 6.00. The number of carbonyl (C=O) groups is 4. The Balaban J connectivity index is 1.42. The van der Waals surface area contributed by atoms with Crippen molar-refractivity contribution < 1.29 is 23.9 Å². The van der Waals surface area contributed by atoms with E-state index >= 15 is 0 Å². The monoisotopic (exact) mass is 401 g/mol. The average Bonchev–Trinajstić information content (AvgIpc) is 3.09. The molecule has 0 bridgehead atoms. The Morgan fingerprint density at radius 2 is 1.79 bits per heavy atom. The molecule has 8 heteroatoms. The van der Waals surface area contributed by atoms with E-state index in [2.05, 4.69) is 10.6 Å². The van der Waals surface area contributed by atoms with Gasteiger partial charge in [0.15, 0.2) is 6.61 Å². The maximum Gasteiger partial charge on any atom is 0.321 e. The fourth-order valence-corrected chi connectivity index (χ4v) is 3.73. The summed E-state index contributed by atoms with van der Waals surface area (Å²) in [6, 6.07) is 6.97. The first kappa shape index (κ1) is 20.8. The van der Waals surface area contributed by atoms with Crippen LogP contribution < -0.4 is 15.5 Å². The fraction of sp³-hybridized carbons (Fsp3) is 0.524. The zero-order valence-electron chi connectivity index (χ0n) is 16.6. The number of hydrogen-bond acceptors (Lipinski definition) is 5. The van der Waals surface area contributed by atoms with Crippen molar-refractivity contribution in [3.05, 3.63) is 29.8 Å². The van der Waals surface area contributed by atoms with E-state index in [-0.39, 0.29) is 24.9 Å². The van der Waals surface area contributed by atoms with Crippen LogP contribution >= 0.6 is 0 Å². The third-order valence-corrected chi connectivity index (χ3v) is 5.34. The molecule has 0 spiro atoms. The summed E-state index contributed by atoms with van der Waals surface area (Å²) in [5.74, 6) is -2.10. The molecule has 29 heavy (non-hydrogen) atoms. The number of nitrogens with zero attached hydrogens (tertiary/aromatic N) is 1. The molecule has 2 fully saturated rings. The summed E-state index contributed by atoms with van der Waals surface area (Å²) in [5.41, 5.74) is 1.81. The minimum Gasteiger partial charge on any atom is -0.455 e. The molecule has 1 heterocycles. The molecule has 0 aromatic heterocycles.